The molecule has 0 bridgehead atoms. The lowest BCUT2D eigenvalue weighted by Crippen LogP contribution is -2.51. The molecule has 0 saturated carbocycles. The predicted molar refractivity (Wildman–Crippen MR) is 106 cm³/mol. The lowest BCUT2D eigenvalue weighted by atomic mass is 9.57. The van der Waals surface area contributed by atoms with Gasteiger partial charge in [0.15, 0.2) is 5.78 Å². The van der Waals surface area contributed by atoms with Crippen molar-refractivity contribution in [3.8, 4) is 0 Å². The van der Waals surface area contributed by atoms with Crippen molar-refractivity contribution in [3.05, 3.63) is 47.0 Å². The van der Waals surface area contributed by atoms with Crippen molar-refractivity contribution in [1.82, 2.24) is 0 Å². The Morgan fingerprint density at radius 1 is 1.20 bits per heavy atom. The maximum Gasteiger partial charge on any atom is 0.160 e. The second-order valence-electron chi connectivity index (χ2n) is 8.09. The highest BCUT2D eigenvalue weighted by Crippen LogP contribution is 2.56. The Balaban J connectivity index is 1.90. The molecule has 4 atom stereocenters. The molecular formula is C22H27NOS. The van der Waals surface area contributed by atoms with Crippen LogP contribution in [0, 0.1) is 11.8 Å². The number of hydrogen-bond acceptors (Lipinski definition) is 3. The van der Waals surface area contributed by atoms with Gasteiger partial charge in [0.2, 0.25) is 0 Å². The first kappa shape index (κ1) is 17.1. The molecule has 1 aromatic carbocycles. The van der Waals surface area contributed by atoms with Gasteiger partial charge in [0.1, 0.15) is 0 Å². The zero-order valence-corrected chi connectivity index (χ0v) is 16.2. The fraction of sp³-hybridized carbons (Fsp3) is 0.545. The van der Waals surface area contributed by atoms with Crippen LogP contribution in [0.25, 0.3) is 0 Å². The summed E-state index contributed by atoms with van der Waals surface area (Å²) in [6.07, 6.45) is 3.74. The molecule has 2 nitrogen and oxygen atoms in total. The molecule has 2 aliphatic carbocycles. The molecular weight excluding hydrogens is 326 g/mol. The number of hydrogen-bond donors (Lipinski definition) is 0. The number of ketones is 1. The quantitative estimate of drug-likeness (QED) is 0.749. The monoisotopic (exact) mass is 353 g/mol. The normalized spacial score (nSPS) is 34.4. The Morgan fingerprint density at radius 3 is 2.64 bits per heavy atom. The van der Waals surface area contributed by atoms with E-state index in [1.807, 2.05) is 17.3 Å². The van der Waals surface area contributed by atoms with Crippen LogP contribution < -0.4 is 0 Å². The molecule has 132 valence electrons. The van der Waals surface area contributed by atoms with Crippen LogP contribution in [0.15, 0.2) is 46.5 Å². The summed E-state index contributed by atoms with van der Waals surface area (Å²) in [4.78, 5) is 18.2. The molecule has 1 aliphatic heterocycles. The van der Waals surface area contributed by atoms with Crippen molar-refractivity contribution in [2.45, 2.75) is 63.2 Å². The topological polar surface area (TPSA) is 29.4 Å². The first-order chi connectivity index (χ1) is 12.1. The highest BCUT2D eigenvalue weighted by molar-refractivity contribution is 8.13. The lowest BCUT2D eigenvalue weighted by molar-refractivity contribution is -0.118. The summed E-state index contributed by atoms with van der Waals surface area (Å²) in [6.45, 7) is 6.76. The van der Waals surface area contributed by atoms with Crippen molar-refractivity contribution in [3.63, 3.8) is 0 Å². The standard InChI is InChI=1S/C22H27NOS/c1-4-22(17-8-6-5-7-9-17)20-16(11-18-21(22)25-13-23-18)10-15(14(2)3)12-19(20)24/h5-9,13-15,18,21H,4,10-12H2,1-3H3/t15-,18?,21?,22+/m0/s1. The van der Waals surface area contributed by atoms with Gasteiger partial charge in [-0.3, -0.25) is 9.79 Å². The van der Waals surface area contributed by atoms with E-state index in [4.69, 9.17) is 4.99 Å². The molecule has 0 spiro atoms. The molecule has 1 heterocycles. The van der Waals surface area contributed by atoms with Crippen LogP contribution in [-0.4, -0.2) is 22.6 Å². The summed E-state index contributed by atoms with van der Waals surface area (Å²) in [5, 5.41) is 0.359. The van der Waals surface area contributed by atoms with Gasteiger partial charge in [-0.05, 0) is 36.7 Å². The number of Topliss-reactive ketones (excluding diaryl/α,β-unsaturated/α-hetero) is 1. The third-order valence-corrected chi connectivity index (χ3v) is 7.83. The van der Waals surface area contributed by atoms with Crippen molar-refractivity contribution >= 4 is 23.1 Å². The number of nitrogens with zero attached hydrogens (tertiary/aromatic N) is 1. The lowest BCUT2D eigenvalue weighted by Gasteiger charge is -2.49. The molecule has 1 aromatic rings. The van der Waals surface area contributed by atoms with Crippen molar-refractivity contribution < 1.29 is 4.79 Å². The summed E-state index contributed by atoms with van der Waals surface area (Å²) in [6, 6.07) is 11.1. The summed E-state index contributed by atoms with van der Waals surface area (Å²) >= 11 is 1.84. The molecule has 3 heteroatoms. The van der Waals surface area contributed by atoms with Gasteiger partial charge >= 0.3 is 0 Å². The minimum absolute atomic E-state index is 0.181. The fourth-order valence-electron chi connectivity index (χ4n) is 5.22. The number of thioether (sulfide) groups is 1. The van der Waals surface area contributed by atoms with Gasteiger partial charge in [-0.15, -0.1) is 11.8 Å². The van der Waals surface area contributed by atoms with E-state index in [1.54, 1.807) is 0 Å². The smallest absolute Gasteiger partial charge is 0.160 e. The Bertz CT molecular complexity index is 736. The average molecular weight is 354 g/mol. The van der Waals surface area contributed by atoms with Crippen molar-refractivity contribution in [2.75, 3.05) is 0 Å². The molecule has 0 N–H and O–H groups in total. The molecule has 3 aliphatic rings. The number of carbonyl (C=O) groups is 1. The van der Waals surface area contributed by atoms with Gasteiger partial charge in [-0.2, -0.15) is 0 Å². The Morgan fingerprint density at radius 2 is 1.96 bits per heavy atom. The maximum absolute atomic E-state index is 13.4. The van der Waals surface area contributed by atoms with Crippen LogP contribution >= 0.6 is 11.8 Å². The summed E-state index contributed by atoms with van der Waals surface area (Å²) in [7, 11) is 0. The van der Waals surface area contributed by atoms with E-state index in [2.05, 4.69) is 51.1 Å². The Kier molecular flexibility index (Phi) is 4.39. The Hall–Kier alpha value is -1.35. The molecule has 0 fully saturated rings. The maximum atomic E-state index is 13.4. The second-order valence-corrected chi connectivity index (χ2v) is 9.08. The SMILES string of the molecule is CC[C@@]1(c2ccccc2)C2=C(CC3N=CSC31)C[C@H](C(C)C)CC2=O. The number of rotatable bonds is 3. The first-order valence-electron chi connectivity index (χ1n) is 9.56. The molecule has 0 radical (unpaired) electrons. The number of aliphatic imine (C=N–C) groups is 1. The molecule has 4 rings (SSSR count). The van der Waals surface area contributed by atoms with Crippen LogP contribution in [0.1, 0.15) is 52.0 Å². The van der Waals surface area contributed by atoms with Crippen LogP contribution in [-0.2, 0) is 10.2 Å². The number of carbonyl (C=O) groups excluding carboxylic acids is 1. The minimum atomic E-state index is -0.181. The van der Waals surface area contributed by atoms with E-state index in [-0.39, 0.29) is 5.41 Å². The van der Waals surface area contributed by atoms with Crippen molar-refractivity contribution in [2.24, 2.45) is 16.8 Å². The van der Waals surface area contributed by atoms with Gasteiger partial charge in [-0.25, -0.2) is 0 Å². The number of allylic oxidation sites excluding steroid dienone is 1. The number of benzene rings is 1. The van der Waals surface area contributed by atoms with Gasteiger partial charge in [0.05, 0.1) is 11.6 Å². The molecule has 0 saturated heterocycles. The van der Waals surface area contributed by atoms with Gasteiger partial charge in [0.25, 0.3) is 0 Å². The van der Waals surface area contributed by atoms with Gasteiger partial charge < -0.3 is 0 Å². The van der Waals surface area contributed by atoms with Gasteiger partial charge in [-0.1, -0.05) is 56.7 Å². The minimum Gasteiger partial charge on any atom is -0.295 e. The van der Waals surface area contributed by atoms with Crippen LogP contribution in [0.5, 0.6) is 0 Å². The summed E-state index contributed by atoms with van der Waals surface area (Å²) in [5.74, 6) is 1.45. The molecule has 25 heavy (non-hydrogen) atoms. The van der Waals surface area contributed by atoms with Gasteiger partial charge in [0, 0.05) is 22.7 Å². The summed E-state index contributed by atoms with van der Waals surface area (Å²) in [5.41, 5.74) is 5.71. The van der Waals surface area contributed by atoms with E-state index in [0.717, 1.165) is 24.8 Å². The van der Waals surface area contributed by atoms with Crippen LogP contribution in [0.2, 0.25) is 0 Å². The van der Waals surface area contributed by atoms with E-state index in [1.165, 1.54) is 11.1 Å². The Labute approximate surface area is 155 Å². The fourth-order valence-corrected chi connectivity index (χ4v) is 6.58. The molecule has 0 aromatic heterocycles. The highest BCUT2D eigenvalue weighted by atomic mass is 32.2. The van der Waals surface area contributed by atoms with E-state index < -0.39 is 0 Å². The number of fused-ring (bicyclic) bond motifs is 1. The first-order valence-corrected chi connectivity index (χ1v) is 10.5. The van der Waals surface area contributed by atoms with E-state index >= 15 is 0 Å². The van der Waals surface area contributed by atoms with E-state index in [0.29, 0.717) is 35.3 Å². The third kappa shape index (κ3) is 2.54. The van der Waals surface area contributed by atoms with E-state index in [9.17, 15) is 4.79 Å². The zero-order valence-electron chi connectivity index (χ0n) is 15.4. The van der Waals surface area contributed by atoms with Crippen molar-refractivity contribution in [1.29, 1.82) is 0 Å². The predicted octanol–water partition coefficient (Wildman–Crippen LogP) is 5.18. The largest absolute Gasteiger partial charge is 0.295 e. The van der Waals surface area contributed by atoms with Crippen LogP contribution in [0.3, 0.4) is 0 Å². The molecule has 2 unspecified atom stereocenters. The highest BCUT2D eigenvalue weighted by Gasteiger charge is 2.54. The second kappa shape index (κ2) is 6.42. The third-order valence-electron chi connectivity index (χ3n) is 6.57. The summed E-state index contributed by atoms with van der Waals surface area (Å²) < 4.78 is 0. The molecule has 0 amide bonds. The average Bonchev–Trinajstić information content (AvgIpc) is 3.09. The van der Waals surface area contributed by atoms with Crippen LogP contribution in [0.4, 0.5) is 0 Å². The zero-order chi connectivity index (χ0) is 17.6.